The van der Waals surface area contributed by atoms with Gasteiger partial charge in [-0.1, -0.05) is 0 Å². The van der Waals surface area contributed by atoms with Crippen LogP contribution in [0.3, 0.4) is 0 Å². The summed E-state index contributed by atoms with van der Waals surface area (Å²) in [6, 6.07) is 0.318. The second-order valence-corrected chi connectivity index (χ2v) is 5.68. The maximum atomic E-state index is 11.7. The van der Waals surface area contributed by atoms with Gasteiger partial charge >= 0.3 is 0 Å². The Balaban J connectivity index is 1.40. The number of ether oxygens (including phenoxy) is 1. The zero-order chi connectivity index (χ0) is 12.7. The molecule has 0 aromatic carbocycles. The van der Waals surface area contributed by atoms with Crippen LogP contribution in [-0.2, 0) is 14.3 Å². The molecule has 2 aliphatic carbocycles. The van der Waals surface area contributed by atoms with Crippen LogP contribution in [0.2, 0.25) is 0 Å². The molecule has 0 radical (unpaired) electrons. The third-order valence-electron chi connectivity index (χ3n) is 4.34. The molecular weight excluding hydrogens is 232 g/mol. The third kappa shape index (κ3) is 2.17. The minimum absolute atomic E-state index is 0.00480. The number of imide groups is 1. The van der Waals surface area contributed by atoms with E-state index in [0.29, 0.717) is 19.2 Å². The molecule has 3 fully saturated rings. The van der Waals surface area contributed by atoms with Crippen LogP contribution in [0.5, 0.6) is 0 Å². The summed E-state index contributed by atoms with van der Waals surface area (Å²) in [6.07, 6.45) is 5.04. The quantitative estimate of drug-likeness (QED) is 0.729. The summed E-state index contributed by atoms with van der Waals surface area (Å²) in [5.74, 6) is 0.0360. The number of likely N-dealkylation sites (tertiary alicyclic amines) is 1. The number of carbonyl (C=O) groups is 2. The lowest BCUT2D eigenvalue weighted by atomic mass is 9.94. The molecule has 0 spiro atoms. The number of hydrogen-bond acceptors (Lipinski definition) is 4. The van der Waals surface area contributed by atoms with Crippen molar-refractivity contribution in [3.8, 4) is 0 Å². The summed E-state index contributed by atoms with van der Waals surface area (Å²) in [4.78, 5) is 24.8. The molecule has 0 bridgehead atoms. The number of nitrogens with two attached hydrogens (primary N) is 1. The first-order valence-electron chi connectivity index (χ1n) is 6.89. The number of nitrogens with zero attached hydrogens (tertiary/aromatic N) is 1. The van der Waals surface area contributed by atoms with Crippen molar-refractivity contribution in [1.82, 2.24) is 4.90 Å². The first kappa shape index (κ1) is 12.1. The predicted octanol–water partition coefficient (Wildman–Crippen LogP) is 0.278. The van der Waals surface area contributed by atoms with Gasteiger partial charge in [0.05, 0.1) is 31.1 Å². The molecular formula is C13H20N2O3. The lowest BCUT2D eigenvalue weighted by Crippen LogP contribution is -2.37. The summed E-state index contributed by atoms with van der Waals surface area (Å²) in [5, 5.41) is 0. The van der Waals surface area contributed by atoms with Crippen molar-refractivity contribution >= 4 is 11.8 Å². The molecule has 2 N–H and O–H groups in total. The topological polar surface area (TPSA) is 72.6 Å². The van der Waals surface area contributed by atoms with Crippen LogP contribution in [0.4, 0.5) is 0 Å². The molecule has 3 rings (SSSR count). The van der Waals surface area contributed by atoms with Crippen molar-refractivity contribution in [3.05, 3.63) is 0 Å². The van der Waals surface area contributed by atoms with Gasteiger partial charge in [0, 0.05) is 6.04 Å². The Hall–Kier alpha value is -0.940. The minimum Gasteiger partial charge on any atom is -0.376 e. The molecule has 2 saturated carbocycles. The van der Waals surface area contributed by atoms with E-state index < -0.39 is 0 Å². The first-order valence-corrected chi connectivity index (χ1v) is 6.89. The first-order chi connectivity index (χ1) is 8.66. The van der Waals surface area contributed by atoms with Crippen molar-refractivity contribution < 1.29 is 14.3 Å². The number of fused-ring (bicyclic) bond motifs is 1. The van der Waals surface area contributed by atoms with Crippen LogP contribution in [0, 0.1) is 11.8 Å². The fraction of sp³-hybridized carbons (Fsp3) is 0.846. The molecule has 5 heteroatoms. The zero-order valence-electron chi connectivity index (χ0n) is 10.5. The van der Waals surface area contributed by atoms with Crippen LogP contribution >= 0.6 is 0 Å². The van der Waals surface area contributed by atoms with Crippen LogP contribution < -0.4 is 5.73 Å². The molecule has 2 unspecified atom stereocenters. The van der Waals surface area contributed by atoms with Crippen molar-refractivity contribution in [2.45, 2.75) is 44.2 Å². The molecule has 0 aromatic rings. The van der Waals surface area contributed by atoms with Crippen molar-refractivity contribution in [2.24, 2.45) is 17.6 Å². The van der Waals surface area contributed by atoms with E-state index in [2.05, 4.69) is 0 Å². The lowest BCUT2D eigenvalue weighted by molar-refractivity contribution is -0.142. The average molecular weight is 252 g/mol. The van der Waals surface area contributed by atoms with Crippen LogP contribution in [0.25, 0.3) is 0 Å². The summed E-state index contributed by atoms with van der Waals surface area (Å²) in [7, 11) is 0. The molecule has 0 aromatic heterocycles. The van der Waals surface area contributed by atoms with Gasteiger partial charge in [-0.15, -0.1) is 0 Å². The van der Waals surface area contributed by atoms with Gasteiger partial charge < -0.3 is 10.5 Å². The standard InChI is InChI=1S/C13H20N2O3/c14-8-1-3-9(4-2-8)18-6-5-15-12(16)10-7-11(10)13(15)17/h8-11H,1-7,14H2. The van der Waals surface area contributed by atoms with Gasteiger partial charge in [-0.25, -0.2) is 0 Å². The second kappa shape index (κ2) is 4.63. The Kier molecular flexibility index (Phi) is 3.11. The van der Waals surface area contributed by atoms with Crippen molar-refractivity contribution in [1.29, 1.82) is 0 Å². The molecule has 1 saturated heterocycles. The summed E-state index contributed by atoms with van der Waals surface area (Å²) in [6.45, 7) is 0.893. The molecule has 2 amide bonds. The van der Waals surface area contributed by atoms with E-state index in [1.165, 1.54) is 4.90 Å². The fourth-order valence-corrected chi connectivity index (χ4v) is 3.04. The molecule has 2 atom stereocenters. The summed E-state index contributed by atoms with van der Waals surface area (Å²) < 4.78 is 5.74. The Morgan fingerprint density at radius 2 is 1.72 bits per heavy atom. The number of hydrogen-bond donors (Lipinski definition) is 1. The molecule has 5 nitrogen and oxygen atoms in total. The molecule has 100 valence electrons. The maximum absolute atomic E-state index is 11.7. The highest BCUT2D eigenvalue weighted by atomic mass is 16.5. The number of rotatable bonds is 4. The normalized spacial score (nSPS) is 39.1. The van der Waals surface area contributed by atoms with Gasteiger partial charge in [-0.2, -0.15) is 0 Å². The highest BCUT2D eigenvalue weighted by Gasteiger charge is 2.58. The highest BCUT2D eigenvalue weighted by molar-refractivity contribution is 6.08. The summed E-state index contributed by atoms with van der Waals surface area (Å²) in [5.41, 5.74) is 5.83. The van der Waals surface area contributed by atoms with E-state index in [9.17, 15) is 9.59 Å². The van der Waals surface area contributed by atoms with Crippen LogP contribution in [0.15, 0.2) is 0 Å². The largest absolute Gasteiger partial charge is 0.376 e. The molecule has 1 aliphatic heterocycles. The van der Waals surface area contributed by atoms with E-state index in [1.54, 1.807) is 0 Å². The molecule has 1 heterocycles. The molecule has 18 heavy (non-hydrogen) atoms. The minimum atomic E-state index is 0.00480. The Morgan fingerprint density at radius 1 is 1.11 bits per heavy atom. The van der Waals surface area contributed by atoms with E-state index in [1.807, 2.05) is 0 Å². The van der Waals surface area contributed by atoms with E-state index in [4.69, 9.17) is 10.5 Å². The number of carbonyl (C=O) groups excluding carboxylic acids is 2. The Morgan fingerprint density at radius 3 is 2.33 bits per heavy atom. The van der Waals surface area contributed by atoms with E-state index in [-0.39, 0.29) is 29.8 Å². The van der Waals surface area contributed by atoms with Gasteiger partial charge in [0.15, 0.2) is 0 Å². The van der Waals surface area contributed by atoms with Gasteiger partial charge in [-0.05, 0) is 32.1 Å². The average Bonchev–Trinajstić information content (AvgIpc) is 3.11. The van der Waals surface area contributed by atoms with Crippen molar-refractivity contribution in [2.75, 3.05) is 13.2 Å². The molecule has 3 aliphatic rings. The van der Waals surface area contributed by atoms with Gasteiger partial charge in [0.1, 0.15) is 0 Å². The van der Waals surface area contributed by atoms with Crippen molar-refractivity contribution in [3.63, 3.8) is 0 Å². The second-order valence-electron chi connectivity index (χ2n) is 5.68. The Bertz CT molecular complexity index is 343. The number of piperidine rings is 1. The summed E-state index contributed by atoms with van der Waals surface area (Å²) >= 11 is 0. The Labute approximate surface area is 107 Å². The highest BCUT2D eigenvalue weighted by Crippen LogP contribution is 2.46. The van der Waals surface area contributed by atoms with E-state index >= 15 is 0 Å². The van der Waals surface area contributed by atoms with Crippen LogP contribution in [0.1, 0.15) is 32.1 Å². The predicted molar refractivity (Wildman–Crippen MR) is 64.5 cm³/mol. The SMILES string of the molecule is NC1CCC(OCCN2C(=O)C3CC3C2=O)CC1. The van der Waals surface area contributed by atoms with Gasteiger partial charge in [0.25, 0.3) is 0 Å². The smallest absolute Gasteiger partial charge is 0.233 e. The number of amides is 2. The zero-order valence-corrected chi connectivity index (χ0v) is 10.5. The van der Waals surface area contributed by atoms with Gasteiger partial charge in [0.2, 0.25) is 11.8 Å². The maximum Gasteiger partial charge on any atom is 0.233 e. The van der Waals surface area contributed by atoms with Crippen LogP contribution in [-0.4, -0.2) is 42.0 Å². The fourth-order valence-electron chi connectivity index (χ4n) is 3.04. The van der Waals surface area contributed by atoms with E-state index in [0.717, 1.165) is 32.1 Å². The third-order valence-corrected chi connectivity index (χ3v) is 4.34. The van der Waals surface area contributed by atoms with Gasteiger partial charge in [-0.3, -0.25) is 14.5 Å². The monoisotopic (exact) mass is 252 g/mol. The lowest BCUT2D eigenvalue weighted by Gasteiger charge is -2.27.